The van der Waals surface area contributed by atoms with E-state index in [2.05, 4.69) is 10.0 Å². The summed E-state index contributed by atoms with van der Waals surface area (Å²) < 4.78 is 0. The van der Waals surface area contributed by atoms with E-state index in [0.29, 0.717) is 12.8 Å². The van der Waals surface area contributed by atoms with Crippen LogP contribution in [0.3, 0.4) is 0 Å². The summed E-state index contributed by atoms with van der Waals surface area (Å²) >= 11 is 0. The molecule has 0 saturated heterocycles. The Morgan fingerprint density at radius 1 is 1.44 bits per heavy atom. The third kappa shape index (κ3) is 4.02. The summed E-state index contributed by atoms with van der Waals surface area (Å²) in [5.41, 5.74) is 9.37. The third-order valence-corrected chi connectivity index (χ3v) is 2.24. The highest BCUT2D eigenvalue weighted by Crippen LogP contribution is 2.23. The summed E-state index contributed by atoms with van der Waals surface area (Å²) in [6.45, 7) is 0. The monoisotopic (exact) mass is 219 g/mol. The molecule has 0 aliphatic heterocycles. The highest BCUT2D eigenvalue weighted by atomic mass is 16.4. The molecule has 0 radical (unpaired) electrons. The first-order valence-electron chi connectivity index (χ1n) is 5.05. The van der Waals surface area contributed by atoms with E-state index in [-0.39, 0.29) is 12.5 Å². The quantitative estimate of drug-likeness (QED) is 0.452. The fourth-order valence-corrected chi connectivity index (χ4v) is 1.48. The molecular formula is C11H13N3O2. The molecule has 1 aromatic carbocycles. The molecule has 5 nitrogen and oxygen atoms in total. The van der Waals surface area contributed by atoms with Crippen molar-refractivity contribution >= 4 is 5.97 Å². The van der Waals surface area contributed by atoms with E-state index in [9.17, 15) is 4.79 Å². The van der Waals surface area contributed by atoms with Crippen molar-refractivity contribution in [3.63, 3.8) is 0 Å². The first kappa shape index (κ1) is 12.1. The molecule has 0 aliphatic carbocycles. The standard InChI is InChI=1S/C11H13N3O2/c12-14-13-10(7-4-8-11(15)16)9-5-2-1-3-6-9/h1-3,5-6,10H,4,7-8H2,(H,15,16). The Kier molecular flexibility index (Phi) is 4.89. The fraction of sp³-hybridized carbons (Fsp3) is 0.364. The minimum absolute atomic E-state index is 0.101. The fourth-order valence-electron chi connectivity index (χ4n) is 1.48. The molecule has 0 fully saturated rings. The maximum atomic E-state index is 10.4. The van der Waals surface area contributed by atoms with Crippen molar-refractivity contribution in [2.24, 2.45) is 5.11 Å². The normalized spacial score (nSPS) is 11.5. The van der Waals surface area contributed by atoms with Gasteiger partial charge in [-0.3, -0.25) is 4.79 Å². The summed E-state index contributed by atoms with van der Waals surface area (Å²) in [6, 6.07) is 9.10. The molecular weight excluding hydrogens is 206 g/mol. The Balaban J connectivity index is 2.62. The average Bonchev–Trinajstić information content (AvgIpc) is 2.29. The van der Waals surface area contributed by atoms with Gasteiger partial charge in [0.05, 0.1) is 6.04 Å². The highest BCUT2D eigenvalue weighted by Gasteiger charge is 2.09. The predicted octanol–water partition coefficient (Wildman–Crippen LogP) is 3.29. The molecule has 0 bridgehead atoms. The van der Waals surface area contributed by atoms with E-state index in [1.807, 2.05) is 30.3 Å². The van der Waals surface area contributed by atoms with Gasteiger partial charge in [-0.05, 0) is 23.9 Å². The van der Waals surface area contributed by atoms with Crippen molar-refractivity contribution in [2.45, 2.75) is 25.3 Å². The van der Waals surface area contributed by atoms with Crippen LogP contribution in [0, 0.1) is 0 Å². The number of benzene rings is 1. The highest BCUT2D eigenvalue weighted by molar-refractivity contribution is 5.66. The van der Waals surface area contributed by atoms with Gasteiger partial charge in [0.25, 0.3) is 0 Å². The van der Waals surface area contributed by atoms with Crippen LogP contribution in [0.5, 0.6) is 0 Å². The Morgan fingerprint density at radius 2 is 2.12 bits per heavy atom. The summed E-state index contributed by atoms with van der Waals surface area (Å²) in [4.78, 5) is 13.2. The number of carbonyl (C=O) groups is 1. The number of nitrogens with zero attached hydrogens (tertiary/aromatic N) is 3. The van der Waals surface area contributed by atoms with E-state index in [1.165, 1.54) is 0 Å². The molecule has 0 amide bonds. The zero-order valence-electron chi connectivity index (χ0n) is 8.78. The van der Waals surface area contributed by atoms with Gasteiger partial charge in [-0.1, -0.05) is 35.4 Å². The molecule has 5 heteroatoms. The number of carboxylic acids is 1. The number of carboxylic acid groups (broad SMARTS) is 1. The zero-order chi connectivity index (χ0) is 11.8. The number of hydrogen-bond acceptors (Lipinski definition) is 2. The SMILES string of the molecule is [N-]=[N+]=NC(CCCC(=O)O)c1ccccc1. The van der Waals surface area contributed by atoms with Crippen molar-refractivity contribution < 1.29 is 9.90 Å². The second-order valence-electron chi connectivity index (χ2n) is 3.42. The van der Waals surface area contributed by atoms with Gasteiger partial charge in [-0.2, -0.15) is 0 Å². The first-order valence-corrected chi connectivity index (χ1v) is 5.05. The molecule has 0 saturated carbocycles. The van der Waals surface area contributed by atoms with Gasteiger partial charge < -0.3 is 5.11 Å². The molecule has 1 N–H and O–H groups in total. The third-order valence-electron chi connectivity index (χ3n) is 2.24. The Hall–Kier alpha value is -2.00. The van der Waals surface area contributed by atoms with Crippen LogP contribution in [0.15, 0.2) is 35.4 Å². The maximum Gasteiger partial charge on any atom is 0.303 e. The molecule has 0 heterocycles. The Bertz CT molecular complexity index is 385. The van der Waals surface area contributed by atoms with Crippen LogP contribution >= 0.6 is 0 Å². The lowest BCUT2D eigenvalue weighted by Gasteiger charge is -2.10. The minimum atomic E-state index is -0.826. The van der Waals surface area contributed by atoms with Gasteiger partial charge in [0, 0.05) is 11.3 Å². The van der Waals surface area contributed by atoms with E-state index >= 15 is 0 Å². The molecule has 0 spiro atoms. The van der Waals surface area contributed by atoms with Crippen LogP contribution in [0.25, 0.3) is 10.4 Å². The van der Waals surface area contributed by atoms with Crippen LogP contribution in [0.1, 0.15) is 30.9 Å². The zero-order valence-corrected chi connectivity index (χ0v) is 8.78. The van der Waals surface area contributed by atoms with Gasteiger partial charge in [0.15, 0.2) is 0 Å². The lowest BCUT2D eigenvalue weighted by Crippen LogP contribution is -1.98. The van der Waals surface area contributed by atoms with Crippen LogP contribution in [-0.2, 0) is 4.79 Å². The number of rotatable bonds is 6. The van der Waals surface area contributed by atoms with Crippen molar-refractivity contribution in [1.82, 2.24) is 0 Å². The smallest absolute Gasteiger partial charge is 0.303 e. The Labute approximate surface area is 93.3 Å². The second-order valence-corrected chi connectivity index (χ2v) is 3.42. The van der Waals surface area contributed by atoms with Gasteiger partial charge in [0.1, 0.15) is 0 Å². The van der Waals surface area contributed by atoms with E-state index in [4.69, 9.17) is 10.6 Å². The summed E-state index contributed by atoms with van der Waals surface area (Å²) in [6.07, 6.45) is 1.17. The van der Waals surface area contributed by atoms with Crippen LogP contribution in [-0.4, -0.2) is 11.1 Å². The van der Waals surface area contributed by atoms with Gasteiger partial charge in [-0.25, -0.2) is 0 Å². The molecule has 84 valence electrons. The van der Waals surface area contributed by atoms with Crippen molar-refractivity contribution in [2.75, 3.05) is 0 Å². The van der Waals surface area contributed by atoms with E-state index < -0.39 is 5.97 Å². The van der Waals surface area contributed by atoms with E-state index in [0.717, 1.165) is 5.56 Å². The molecule has 1 unspecified atom stereocenters. The molecule has 1 rings (SSSR count). The second kappa shape index (κ2) is 6.48. The number of aliphatic carboxylic acids is 1. The summed E-state index contributed by atoms with van der Waals surface area (Å²) in [5.74, 6) is -0.826. The molecule has 0 aliphatic rings. The van der Waals surface area contributed by atoms with Crippen molar-refractivity contribution in [1.29, 1.82) is 0 Å². The van der Waals surface area contributed by atoms with Crippen LogP contribution in [0.4, 0.5) is 0 Å². The average molecular weight is 219 g/mol. The van der Waals surface area contributed by atoms with E-state index in [1.54, 1.807) is 0 Å². The summed E-state index contributed by atoms with van der Waals surface area (Å²) in [5, 5.41) is 12.2. The van der Waals surface area contributed by atoms with Crippen LogP contribution in [0.2, 0.25) is 0 Å². The Morgan fingerprint density at radius 3 is 2.69 bits per heavy atom. The molecule has 1 aromatic rings. The topological polar surface area (TPSA) is 86.1 Å². The number of hydrogen-bond donors (Lipinski definition) is 1. The van der Waals surface area contributed by atoms with Crippen LogP contribution < -0.4 is 0 Å². The molecule has 0 aromatic heterocycles. The maximum absolute atomic E-state index is 10.4. The largest absolute Gasteiger partial charge is 0.481 e. The minimum Gasteiger partial charge on any atom is -0.481 e. The number of azide groups is 1. The lowest BCUT2D eigenvalue weighted by molar-refractivity contribution is -0.137. The molecule has 16 heavy (non-hydrogen) atoms. The van der Waals surface area contributed by atoms with Crippen molar-refractivity contribution in [3.05, 3.63) is 46.3 Å². The first-order chi connectivity index (χ1) is 7.74. The molecule has 1 atom stereocenters. The van der Waals surface area contributed by atoms with Gasteiger partial charge in [-0.15, -0.1) is 0 Å². The van der Waals surface area contributed by atoms with Gasteiger partial charge in [0.2, 0.25) is 0 Å². The van der Waals surface area contributed by atoms with Crippen molar-refractivity contribution in [3.8, 4) is 0 Å². The predicted molar refractivity (Wildman–Crippen MR) is 59.8 cm³/mol. The lowest BCUT2D eigenvalue weighted by atomic mass is 10.0. The van der Waals surface area contributed by atoms with Gasteiger partial charge >= 0.3 is 5.97 Å². The summed E-state index contributed by atoms with van der Waals surface area (Å²) in [7, 11) is 0.